The zero-order valence-corrected chi connectivity index (χ0v) is 13.8. The van der Waals surface area contributed by atoms with Gasteiger partial charge in [0, 0.05) is 10.8 Å². The molecule has 0 aliphatic heterocycles. The van der Waals surface area contributed by atoms with Crippen LogP contribution in [0.2, 0.25) is 0 Å². The summed E-state index contributed by atoms with van der Waals surface area (Å²) in [6.45, 7) is 8.33. The number of carbonyl (C=O) groups is 1. The summed E-state index contributed by atoms with van der Waals surface area (Å²) in [5.74, 6) is 0.241. The van der Waals surface area contributed by atoms with Crippen molar-refractivity contribution in [1.29, 1.82) is 0 Å². The maximum absolute atomic E-state index is 12.2. The molecular weight excluding hydrogens is 290 g/mol. The molecule has 0 aromatic carbocycles. The maximum atomic E-state index is 12.2. The van der Waals surface area contributed by atoms with E-state index in [9.17, 15) is 4.79 Å². The number of aromatic nitrogens is 2. The molecule has 0 aliphatic carbocycles. The minimum absolute atomic E-state index is 0.0908. The molecule has 20 heavy (non-hydrogen) atoms. The Morgan fingerprint density at radius 2 is 2.10 bits per heavy atom. The summed E-state index contributed by atoms with van der Waals surface area (Å²) in [5, 5.41) is 12.4. The summed E-state index contributed by atoms with van der Waals surface area (Å²) in [4.78, 5) is 14.2. The van der Waals surface area contributed by atoms with Crippen LogP contribution in [0.5, 0.6) is 0 Å². The summed E-state index contributed by atoms with van der Waals surface area (Å²) in [6, 6.07) is 1.99. The van der Waals surface area contributed by atoms with Crippen LogP contribution in [0.3, 0.4) is 0 Å². The maximum Gasteiger partial charge on any atom is 0.267 e. The fraction of sp³-hybridized carbons (Fsp3) is 0.500. The number of hydrogen-bond donors (Lipinski definition) is 1. The van der Waals surface area contributed by atoms with Crippen molar-refractivity contribution in [3.05, 3.63) is 26.4 Å². The summed E-state index contributed by atoms with van der Waals surface area (Å²) in [6.07, 6.45) is 2.11. The first-order chi connectivity index (χ1) is 9.51. The van der Waals surface area contributed by atoms with Gasteiger partial charge in [0.25, 0.3) is 5.91 Å². The van der Waals surface area contributed by atoms with Gasteiger partial charge in [-0.3, -0.25) is 10.1 Å². The molecule has 0 spiro atoms. The van der Waals surface area contributed by atoms with Crippen molar-refractivity contribution in [1.82, 2.24) is 10.2 Å². The average molecular weight is 309 g/mol. The van der Waals surface area contributed by atoms with E-state index in [1.54, 1.807) is 0 Å². The lowest BCUT2D eigenvalue weighted by molar-refractivity contribution is 0.103. The molecule has 2 aromatic heterocycles. The molecular formula is C14H19N3OS2. The standard InChI is InChI=1S/C14H19N3OS2/c1-5-6-10-7-11(19-9(10)4)12(18)15-14-17-16-13(20-14)8(2)3/h7-8H,5-6H2,1-4H3,(H,15,17,18). The molecule has 1 amide bonds. The summed E-state index contributed by atoms with van der Waals surface area (Å²) in [7, 11) is 0. The molecule has 108 valence electrons. The largest absolute Gasteiger partial charge is 0.296 e. The molecule has 0 radical (unpaired) electrons. The summed E-state index contributed by atoms with van der Waals surface area (Å²) in [5.41, 5.74) is 1.27. The number of nitrogens with zero attached hydrogens (tertiary/aromatic N) is 2. The van der Waals surface area contributed by atoms with E-state index in [0.29, 0.717) is 11.0 Å². The Balaban J connectivity index is 2.09. The Morgan fingerprint density at radius 1 is 1.35 bits per heavy atom. The molecule has 0 saturated heterocycles. The third-order valence-electron chi connectivity index (χ3n) is 2.92. The quantitative estimate of drug-likeness (QED) is 0.899. The molecule has 0 saturated carbocycles. The van der Waals surface area contributed by atoms with E-state index in [1.807, 2.05) is 6.07 Å². The highest BCUT2D eigenvalue weighted by atomic mass is 32.1. The lowest BCUT2D eigenvalue weighted by Gasteiger charge is -1.97. The van der Waals surface area contributed by atoms with E-state index in [2.05, 4.69) is 43.2 Å². The molecule has 2 aromatic rings. The van der Waals surface area contributed by atoms with E-state index in [1.165, 1.54) is 33.1 Å². The monoisotopic (exact) mass is 309 g/mol. The fourth-order valence-electron chi connectivity index (χ4n) is 1.83. The second kappa shape index (κ2) is 6.45. The predicted molar refractivity (Wildman–Crippen MR) is 85.0 cm³/mol. The van der Waals surface area contributed by atoms with Crippen LogP contribution < -0.4 is 5.32 Å². The van der Waals surface area contributed by atoms with Crippen molar-refractivity contribution in [3.63, 3.8) is 0 Å². The Morgan fingerprint density at radius 3 is 2.70 bits per heavy atom. The van der Waals surface area contributed by atoms with Crippen LogP contribution in [0, 0.1) is 6.92 Å². The molecule has 4 nitrogen and oxygen atoms in total. The Bertz CT molecular complexity index is 601. The second-order valence-electron chi connectivity index (χ2n) is 5.00. The highest BCUT2D eigenvalue weighted by Crippen LogP contribution is 2.26. The van der Waals surface area contributed by atoms with Crippen LogP contribution in [-0.4, -0.2) is 16.1 Å². The molecule has 0 unspecified atom stereocenters. The van der Waals surface area contributed by atoms with Crippen LogP contribution in [0.25, 0.3) is 0 Å². The Kier molecular flexibility index (Phi) is 4.88. The number of thiophene rings is 1. The van der Waals surface area contributed by atoms with Gasteiger partial charge in [0.05, 0.1) is 4.88 Å². The van der Waals surface area contributed by atoms with E-state index in [0.717, 1.165) is 22.7 Å². The van der Waals surface area contributed by atoms with E-state index >= 15 is 0 Å². The third-order valence-corrected chi connectivity index (χ3v) is 5.15. The second-order valence-corrected chi connectivity index (χ2v) is 7.26. The van der Waals surface area contributed by atoms with Gasteiger partial charge in [-0.25, -0.2) is 0 Å². The molecule has 1 N–H and O–H groups in total. The fourth-order valence-corrected chi connectivity index (χ4v) is 3.53. The van der Waals surface area contributed by atoms with Crippen LogP contribution in [0.15, 0.2) is 6.07 Å². The SMILES string of the molecule is CCCc1cc(C(=O)Nc2nnc(C(C)C)s2)sc1C. The highest BCUT2D eigenvalue weighted by molar-refractivity contribution is 7.16. The number of anilines is 1. The summed E-state index contributed by atoms with van der Waals surface area (Å²) >= 11 is 2.97. The normalized spacial score (nSPS) is 11.1. The van der Waals surface area contributed by atoms with Gasteiger partial charge in [-0.15, -0.1) is 21.5 Å². The molecule has 0 fully saturated rings. The highest BCUT2D eigenvalue weighted by Gasteiger charge is 2.15. The van der Waals surface area contributed by atoms with Crippen molar-refractivity contribution in [2.75, 3.05) is 5.32 Å². The Labute approximate surface area is 127 Å². The zero-order valence-electron chi connectivity index (χ0n) is 12.2. The van der Waals surface area contributed by atoms with Crippen LogP contribution in [0.4, 0.5) is 5.13 Å². The number of carbonyl (C=O) groups excluding carboxylic acids is 1. The van der Waals surface area contributed by atoms with Gasteiger partial charge < -0.3 is 0 Å². The van der Waals surface area contributed by atoms with Crippen molar-refractivity contribution in [3.8, 4) is 0 Å². The number of amides is 1. The summed E-state index contributed by atoms with van der Waals surface area (Å²) < 4.78 is 0. The van der Waals surface area contributed by atoms with Gasteiger partial charge in [0.15, 0.2) is 0 Å². The zero-order chi connectivity index (χ0) is 14.7. The van der Waals surface area contributed by atoms with Crippen molar-refractivity contribution in [2.45, 2.75) is 46.5 Å². The van der Waals surface area contributed by atoms with Gasteiger partial charge >= 0.3 is 0 Å². The van der Waals surface area contributed by atoms with Crippen LogP contribution >= 0.6 is 22.7 Å². The van der Waals surface area contributed by atoms with Gasteiger partial charge in [0.2, 0.25) is 5.13 Å². The third kappa shape index (κ3) is 3.43. The van der Waals surface area contributed by atoms with E-state index < -0.39 is 0 Å². The first kappa shape index (κ1) is 15.1. The van der Waals surface area contributed by atoms with Gasteiger partial charge in [-0.1, -0.05) is 38.5 Å². The Hall–Kier alpha value is -1.27. The van der Waals surface area contributed by atoms with Crippen LogP contribution in [0.1, 0.15) is 58.2 Å². The van der Waals surface area contributed by atoms with Crippen molar-refractivity contribution in [2.24, 2.45) is 0 Å². The average Bonchev–Trinajstić information content (AvgIpc) is 2.98. The topological polar surface area (TPSA) is 54.9 Å². The van der Waals surface area contributed by atoms with Crippen LogP contribution in [-0.2, 0) is 6.42 Å². The molecule has 6 heteroatoms. The first-order valence-corrected chi connectivity index (χ1v) is 8.38. The predicted octanol–water partition coefficient (Wildman–Crippen LogP) is 4.24. The van der Waals surface area contributed by atoms with E-state index in [-0.39, 0.29) is 5.91 Å². The molecule has 0 aliphatic rings. The number of nitrogens with one attached hydrogen (secondary N) is 1. The number of aryl methyl sites for hydroxylation is 2. The number of hydrogen-bond acceptors (Lipinski definition) is 5. The minimum atomic E-state index is -0.0908. The molecule has 0 bridgehead atoms. The van der Waals surface area contributed by atoms with Gasteiger partial charge in [-0.05, 0) is 25.0 Å². The molecule has 2 rings (SSSR count). The van der Waals surface area contributed by atoms with Crippen molar-refractivity contribution >= 4 is 33.7 Å². The van der Waals surface area contributed by atoms with Crippen molar-refractivity contribution < 1.29 is 4.79 Å². The molecule has 0 atom stereocenters. The first-order valence-electron chi connectivity index (χ1n) is 6.75. The minimum Gasteiger partial charge on any atom is -0.296 e. The smallest absolute Gasteiger partial charge is 0.267 e. The number of rotatable bonds is 5. The molecule has 2 heterocycles. The van der Waals surface area contributed by atoms with Gasteiger partial charge in [0.1, 0.15) is 5.01 Å². The lowest BCUT2D eigenvalue weighted by atomic mass is 10.1. The lowest BCUT2D eigenvalue weighted by Crippen LogP contribution is -2.09. The van der Waals surface area contributed by atoms with E-state index in [4.69, 9.17) is 0 Å². The van der Waals surface area contributed by atoms with Gasteiger partial charge in [-0.2, -0.15) is 0 Å².